The minimum absolute atomic E-state index is 0.0499. The summed E-state index contributed by atoms with van der Waals surface area (Å²) in [5, 5.41) is 14.1. The number of aromatic nitrogens is 4. The first-order chi connectivity index (χ1) is 14.8. The lowest BCUT2D eigenvalue weighted by atomic mass is 10.2. The van der Waals surface area contributed by atoms with Crippen molar-refractivity contribution in [3.05, 3.63) is 50.9 Å². The number of carbonyl (C=O) groups is 1. The molecule has 0 unspecified atom stereocenters. The smallest absolute Gasteiger partial charge is 0.332 e. The first-order valence-corrected chi connectivity index (χ1v) is 9.79. The summed E-state index contributed by atoms with van der Waals surface area (Å²) in [4.78, 5) is 42.7. The highest BCUT2D eigenvalue weighted by Gasteiger charge is 2.15. The van der Waals surface area contributed by atoms with E-state index in [2.05, 4.69) is 20.4 Å². The summed E-state index contributed by atoms with van der Waals surface area (Å²) in [5.74, 6) is -0.434. The molecule has 11 nitrogen and oxygen atoms in total. The number of nitrogens with one attached hydrogen (secondary N) is 1. The number of aryl methyl sites for hydroxylation is 1. The molecule has 0 saturated carbocycles. The van der Waals surface area contributed by atoms with Crippen molar-refractivity contribution in [3.63, 3.8) is 0 Å². The molecule has 0 aliphatic heterocycles. The minimum atomic E-state index is -0.529. The van der Waals surface area contributed by atoms with Gasteiger partial charge in [-0.15, -0.1) is 0 Å². The van der Waals surface area contributed by atoms with E-state index in [1.54, 1.807) is 12.1 Å². The Morgan fingerprint density at radius 1 is 1.23 bits per heavy atom. The summed E-state index contributed by atoms with van der Waals surface area (Å²) < 4.78 is 3.62. The molecule has 2 aromatic heterocycles. The number of nitrogens with zero attached hydrogens (tertiary/aromatic N) is 6. The first kappa shape index (κ1) is 21.8. The van der Waals surface area contributed by atoms with Crippen LogP contribution in [0.25, 0.3) is 11.2 Å². The molecule has 1 amide bonds. The number of hydrogen-bond donors (Lipinski definition) is 2. The maximum Gasteiger partial charge on any atom is 0.332 e. The van der Waals surface area contributed by atoms with Gasteiger partial charge in [0, 0.05) is 44.5 Å². The Morgan fingerprint density at radius 2 is 1.94 bits per heavy atom. The molecule has 2 N–H and O–H groups in total. The van der Waals surface area contributed by atoms with Gasteiger partial charge < -0.3 is 14.6 Å². The summed E-state index contributed by atoms with van der Waals surface area (Å²) in [6.07, 6.45) is 2.67. The number of phenols is 1. The molecule has 1 aromatic carbocycles. The van der Waals surface area contributed by atoms with Gasteiger partial charge in [-0.05, 0) is 26.0 Å². The summed E-state index contributed by atoms with van der Waals surface area (Å²) in [7, 11) is 2.87. The van der Waals surface area contributed by atoms with Crippen molar-refractivity contribution in [1.82, 2.24) is 24.1 Å². The number of imidazole rings is 1. The average Bonchev–Trinajstić information content (AvgIpc) is 3.16. The molecule has 0 spiro atoms. The fourth-order valence-corrected chi connectivity index (χ4v) is 3.35. The van der Waals surface area contributed by atoms with E-state index in [1.807, 2.05) is 19.9 Å². The summed E-state index contributed by atoms with van der Waals surface area (Å²) in [5.41, 5.74) is 3.02. The van der Waals surface area contributed by atoms with Crippen LogP contribution in [0.5, 0.6) is 5.75 Å². The van der Waals surface area contributed by atoms with Gasteiger partial charge >= 0.3 is 5.69 Å². The SMILES string of the molecule is CCN(CC)c1ccc(C=NNC(=O)Cn2cnc3c(=O)n(C)c(=O)n(C)c32)c(O)c1. The number of phenolic OH excluding ortho intramolecular Hbond substituents is 1. The Bertz CT molecular complexity index is 1260. The van der Waals surface area contributed by atoms with Gasteiger partial charge in [-0.25, -0.2) is 15.2 Å². The molecule has 0 aliphatic carbocycles. The molecule has 164 valence electrons. The van der Waals surface area contributed by atoms with E-state index in [-0.39, 0.29) is 23.5 Å². The van der Waals surface area contributed by atoms with Gasteiger partial charge in [-0.2, -0.15) is 5.10 Å². The molecule has 3 aromatic rings. The number of aromatic hydroxyl groups is 1. The van der Waals surface area contributed by atoms with Crippen molar-refractivity contribution in [1.29, 1.82) is 0 Å². The van der Waals surface area contributed by atoms with E-state index in [4.69, 9.17) is 0 Å². The number of rotatable bonds is 7. The molecule has 0 bridgehead atoms. The van der Waals surface area contributed by atoms with E-state index in [0.717, 1.165) is 23.3 Å². The van der Waals surface area contributed by atoms with Crippen molar-refractivity contribution < 1.29 is 9.90 Å². The maximum absolute atomic E-state index is 12.3. The van der Waals surface area contributed by atoms with Crippen LogP contribution in [0.1, 0.15) is 19.4 Å². The number of anilines is 1. The topological polar surface area (TPSA) is 127 Å². The van der Waals surface area contributed by atoms with Gasteiger partial charge in [0.05, 0.1) is 12.5 Å². The normalized spacial score (nSPS) is 11.4. The molecular formula is C20H25N7O4. The Kier molecular flexibility index (Phi) is 6.23. The lowest BCUT2D eigenvalue weighted by Gasteiger charge is -2.21. The number of benzene rings is 1. The molecule has 2 heterocycles. The fourth-order valence-electron chi connectivity index (χ4n) is 3.35. The third-order valence-corrected chi connectivity index (χ3v) is 5.06. The number of amides is 1. The van der Waals surface area contributed by atoms with Gasteiger partial charge in [0.2, 0.25) is 0 Å². The quantitative estimate of drug-likeness (QED) is 0.408. The molecule has 0 fully saturated rings. The van der Waals surface area contributed by atoms with Crippen LogP contribution in [-0.2, 0) is 25.4 Å². The highest BCUT2D eigenvalue weighted by molar-refractivity contribution is 5.86. The number of fused-ring (bicyclic) bond motifs is 1. The van der Waals surface area contributed by atoms with Crippen LogP contribution < -0.4 is 21.6 Å². The van der Waals surface area contributed by atoms with E-state index in [9.17, 15) is 19.5 Å². The minimum Gasteiger partial charge on any atom is -0.507 e. The molecule has 0 aliphatic rings. The summed E-state index contributed by atoms with van der Waals surface area (Å²) in [6.45, 7) is 5.51. The fraction of sp³-hybridized carbons (Fsp3) is 0.350. The van der Waals surface area contributed by atoms with Crippen molar-refractivity contribution in [3.8, 4) is 5.75 Å². The van der Waals surface area contributed by atoms with Gasteiger partial charge in [-0.3, -0.25) is 18.7 Å². The van der Waals surface area contributed by atoms with E-state index < -0.39 is 17.2 Å². The highest BCUT2D eigenvalue weighted by atomic mass is 16.3. The summed E-state index contributed by atoms with van der Waals surface area (Å²) in [6, 6.07) is 5.23. The average molecular weight is 427 g/mol. The Balaban J connectivity index is 1.73. The van der Waals surface area contributed by atoms with Gasteiger partial charge in [0.1, 0.15) is 17.9 Å². The number of carbonyl (C=O) groups excluding carboxylic acids is 1. The molecule has 31 heavy (non-hydrogen) atoms. The second-order valence-electron chi connectivity index (χ2n) is 6.96. The van der Waals surface area contributed by atoms with E-state index in [0.29, 0.717) is 5.56 Å². The zero-order valence-corrected chi connectivity index (χ0v) is 17.9. The van der Waals surface area contributed by atoms with Crippen molar-refractivity contribution >= 4 is 29.0 Å². The second kappa shape index (κ2) is 8.86. The lowest BCUT2D eigenvalue weighted by Crippen LogP contribution is -2.37. The van der Waals surface area contributed by atoms with Crippen molar-refractivity contribution in [2.45, 2.75) is 20.4 Å². The predicted molar refractivity (Wildman–Crippen MR) is 118 cm³/mol. The summed E-state index contributed by atoms with van der Waals surface area (Å²) >= 11 is 0. The van der Waals surface area contributed by atoms with Crippen molar-refractivity contribution in [2.75, 3.05) is 18.0 Å². The second-order valence-corrected chi connectivity index (χ2v) is 6.96. The third kappa shape index (κ3) is 4.20. The van der Waals surface area contributed by atoms with E-state index >= 15 is 0 Å². The van der Waals surface area contributed by atoms with Gasteiger partial charge in [-0.1, -0.05) is 0 Å². The number of hydrogen-bond acceptors (Lipinski definition) is 7. The number of hydrazone groups is 1. The molecular weight excluding hydrogens is 402 g/mol. The van der Waals surface area contributed by atoms with Crippen molar-refractivity contribution in [2.24, 2.45) is 19.2 Å². The van der Waals surface area contributed by atoms with Crippen LogP contribution in [0.3, 0.4) is 0 Å². The standard InChI is InChI=1S/C20H25N7O4/c1-5-26(6-2)14-8-7-13(15(28)9-14)10-22-23-16(29)11-27-12-21-17-18(27)24(3)20(31)25(4)19(17)30/h7-10,12,28H,5-6,11H2,1-4H3,(H,23,29). The van der Waals surface area contributed by atoms with Crippen LogP contribution in [-0.4, -0.2) is 49.0 Å². The molecule has 0 radical (unpaired) electrons. The monoisotopic (exact) mass is 427 g/mol. The zero-order valence-electron chi connectivity index (χ0n) is 17.9. The first-order valence-electron chi connectivity index (χ1n) is 9.79. The predicted octanol–water partition coefficient (Wildman–Crippen LogP) is 0.136. The van der Waals surface area contributed by atoms with Gasteiger partial charge in [0.25, 0.3) is 11.5 Å². The van der Waals surface area contributed by atoms with E-state index in [1.165, 1.54) is 35.8 Å². The Hall–Kier alpha value is -3.89. The van der Waals surface area contributed by atoms with Crippen LogP contribution in [0.2, 0.25) is 0 Å². The molecule has 0 saturated heterocycles. The zero-order chi connectivity index (χ0) is 22.7. The van der Waals surface area contributed by atoms with Gasteiger partial charge in [0.15, 0.2) is 5.52 Å². The lowest BCUT2D eigenvalue weighted by molar-refractivity contribution is -0.121. The molecule has 0 atom stereocenters. The third-order valence-electron chi connectivity index (χ3n) is 5.06. The van der Waals surface area contributed by atoms with Crippen LogP contribution >= 0.6 is 0 Å². The molecule has 11 heteroatoms. The Labute approximate surface area is 177 Å². The van der Waals surface area contributed by atoms with Crippen LogP contribution in [0.15, 0.2) is 39.2 Å². The largest absolute Gasteiger partial charge is 0.507 e. The molecule has 3 rings (SSSR count). The maximum atomic E-state index is 12.3. The van der Waals surface area contributed by atoms with Crippen LogP contribution in [0.4, 0.5) is 5.69 Å². The van der Waals surface area contributed by atoms with Crippen LogP contribution in [0, 0.1) is 0 Å². The Morgan fingerprint density at radius 3 is 2.58 bits per heavy atom. The highest BCUT2D eigenvalue weighted by Crippen LogP contribution is 2.23.